The van der Waals surface area contributed by atoms with Crippen LogP contribution < -0.4 is 21.9 Å². The second-order valence-corrected chi connectivity index (χ2v) is 2.93. The van der Waals surface area contributed by atoms with E-state index in [1.165, 1.54) is 5.01 Å². The van der Waals surface area contributed by atoms with Crippen molar-refractivity contribution in [2.24, 2.45) is 5.84 Å². The number of nitrogens with one attached hydrogen (secondary N) is 3. The molecule has 7 heteroatoms. The van der Waals surface area contributed by atoms with Crippen molar-refractivity contribution in [3.05, 3.63) is 10.5 Å². The number of nitrogens with zero attached hydrogens (tertiary/aromatic N) is 1. The first-order chi connectivity index (χ1) is 6.65. The lowest BCUT2D eigenvalue weighted by atomic mass is 10.4. The molecule has 7 nitrogen and oxygen atoms in total. The van der Waals surface area contributed by atoms with Crippen LogP contribution in [-0.2, 0) is 0 Å². The third-order valence-electron chi connectivity index (χ3n) is 1.80. The number of hydrogen-bond donors (Lipinski definition) is 5. The lowest BCUT2D eigenvalue weighted by Crippen LogP contribution is -2.33. The van der Waals surface area contributed by atoms with Gasteiger partial charge in [0.2, 0.25) is 5.88 Å². The summed E-state index contributed by atoms with van der Waals surface area (Å²) in [6, 6.07) is 0. The van der Waals surface area contributed by atoms with Crippen LogP contribution in [0.3, 0.4) is 0 Å². The number of hydrazine groups is 1. The molecule has 0 saturated carbocycles. The average molecular weight is 201 g/mol. The number of aromatic amines is 2. The molecule has 0 bridgehead atoms. The summed E-state index contributed by atoms with van der Waals surface area (Å²) >= 11 is 0. The SMILES string of the molecule is CNCCCN(N)c1[nH]c(=O)[nH]c1O. The van der Waals surface area contributed by atoms with E-state index in [0.717, 1.165) is 13.0 Å². The van der Waals surface area contributed by atoms with Crippen LogP contribution in [-0.4, -0.2) is 35.2 Å². The van der Waals surface area contributed by atoms with Crippen LogP contribution in [0, 0.1) is 0 Å². The van der Waals surface area contributed by atoms with Crippen LogP contribution in [0.25, 0.3) is 0 Å². The van der Waals surface area contributed by atoms with Crippen molar-refractivity contribution in [2.45, 2.75) is 6.42 Å². The van der Waals surface area contributed by atoms with Gasteiger partial charge >= 0.3 is 5.69 Å². The fourth-order valence-corrected chi connectivity index (χ4v) is 1.11. The van der Waals surface area contributed by atoms with Crippen LogP contribution in [0.5, 0.6) is 5.88 Å². The first kappa shape index (κ1) is 10.6. The zero-order valence-electron chi connectivity index (χ0n) is 8.00. The third kappa shape index (κ3) is 2.51. The highest BCUT2D eigenvalue weighted by atomic mass is 16.3. The van der Waals surface area contributed by atoms with Gasteiger partial charge in [0, 0.05) is 6.54 Å². The van der Waals surface area contributed by atoms with E-state index in [1.54, 1.807) is 0 Å². The molecule has 0 atom stereocenters. The number of aromatic hydroxyl groups is 1. The molecule has 0 amide bonds. The third-order valence-corrected chi connectivity index (χ3v) is 1.80. The lowest BCUT2D eigenvalue weighted by Gasteiger charge is -2.15. The molecule has 0 aromatic carbocycles. The lowest BCUT2D eigenvalue weighted by molar-refractivity contribution is 0.454. The number of rotatable bonds is 5. The molecule has 1 aromatic rings. The Hall–Kier alpha value is -1.47. The molecule has 0 unspecified atom stereocenters. The molecular weight excluding hydrogens is 186 g/mol. The summed E-state index contributed by atoms with van der Waals surface area (Å²) in [4.78, 5) is 15.4. The highest BCUT2D eigenvalue weighted by molar-refractivity contribution is 5.45. The average Bonchev–Trinajstić information content (AvgIpc) is 2.45. The Bertz CT molecular complexity index is 331. The highest BCUT2D eigenvalue weighted by Crippen LogP contribution is 2.16. The standard InChI is InChI=1S/C7H15N5O2/c1-9-3-2-4-12(8)5-6(13)11-7(14)10-5/h9,13H,2-4,8H2,1H3,(H2,10,11,14). The molecule has 0 saturated heterocycles. The van der Waals surface area contributed by atoms with Crippen LogP contribution in [0.15, 0.2) is 4.79 Å². The summed E-state index contributed by atoms with van der Waals surface area (Å²) in [5.41, 5.74) is -0.471. The van der Waals surface area contributed by atoms with Gasteiger partial charge in [-0.05, 0) is 20.0 Å². The van der Waals surface area contributed by atoms with Crippen LogP contribution in [0.4, 0.5) is 5.82 Å². The highest BCUT2D eigenvalue weighted by Gasteiger charge is 2.10. The molecule has 1 aromatic heterocycles. The Balaban J connectivity index is 2.55. The Kier molecular flexibility index (Phi) is 3.55. The second-order valence-electron chi connectivity index (χ2n) is 2.93. The molecule has 6 N–H and O–H groups in total. The summed E-state index contributed by atoms with van der Waals surface area (Å²) in [5.74, 6) is 5.59. The van der Waals surface area contributed by atoms with Gasteiger partial charge in [-0.3, -0.25) is 15.0 Å². The summed E-state index contributed by atoms with van der Waals surface area (Å²) in [6.07, 6.45) is 0.819. The molecule has 14 heavy (non-hydrogen) atoms. The molecule has 80 valence electrons. The van der Waals surface area contributed by atoms with Gasteiger partial charge < -0.3 is 10.4 Å². The van der Waals surface area contributed by atoms with Crippen molar-refractivity contribution in [2.75, 3.05) is 25.1 Å². The maximum atomic E-state index is 10.8. The molecule has 0 radical (unpaired) electrons. The van der Waals surface area contributed by atoms with Gasteiger partial charge in [0.15, 0.2) is 5.82 Å². The van der Waals surface area contributed by atoms with E-state index in [-0.39, 0.29) is 11.7 Å². The molecule has 1 heterocycles. The van der Waals surface area contributed by atoms with E-state index in [1.807, 2.05) is 7.05 Å². The second kappa shape index (κ2) is 4.68. The molecular formula is C7H15N5O2. The summed E-state index contributed by atoms with van der Waals surface area (Å²) in [5, 5.41) is 13.5. The summed E-state index contributed by atoms with van der Waals surface area (Å²) in [6.45, 7) is 1.37. The van der Waals surface area contributed by atoms with Gasteiger partial charge in [-0.25, -0.2) is 10.6 Å². The predicted molar refractivity (Wildman–Crippen MR) is 53.2 cm³/mol. The van der Waals surface area contributed by atoms with E-state index in [2.05, 4.69) is 15.3 Å². The van der Waals surface area contributed by atoms with Crippen molar-refractivity contribution in [1.82, 2.24) is 15.3 Å². The van der Waals surface area contributed by atoms with Crippen molar-refractivity contribution >= 4 is 5.82 Å². The minimum Gasteiger partial charge on any atom is -0.492 e. The summed E-state index contributed by atoms with van der Waals surface area (Å²) in [7, 11) is 1.84. The van der Waals surface area contributed by atoms with E-state index >= 15 is 0 Å². The van der Waals surface area contributed by atoms with Gasteiger partial charge in [-0.15, -0.1) is 0 Å². The van der Waals surface area contributed by atoms with Gasteiger partial charge in [-0.1, -0.05) is 0 Å². The van der Waals surface area contributed by atoms with Crippen molar-refractivity contribution < 1.29 is 5.11 Å². The Morgan fingerprint density at radius 1 is 1.57 bits per heavy atom. The Labute approximate surface area is 80.9 Å². The quantitative estimate of drug-likeness (QED) is 0.231. The minimum atomic E-state index is -0.471. The van der Waals surface area contributed by atoms with Crippen molar-refractivity contribution in [3.8, 4) is 5.88 Å². The molecule has 0 spiro atoms. The maximum Gasteiger partial charge on any atom is 0.327 e. The van der Waals surface area contributed by atoms with E-state index < -0.39 is 5.69 Å². The van der Waals surface area contributed by atoms with Gasteiger partial charge in [-0.2, -0.15) is 0 Å². The molecule has 0 fully saturated rings. The largest absolute Gasteiger partial charge is 0.492 e. The van der Waals surface area contributed by atoms with Gasteiger partial charge in [0.05, 0.1) is 0 Å². The van der Waals surface area contributed by atoms with Gasteiger partial charge in [0.25, 0.3) is 0 Å². The first-order valence-electron chi connectivity index (χ1n) is 4.33. The van der Waals surface area contributed by atoms with E-state index in [4.69, 9.17) is 5.84 Å². The van der Waals surface area contributed by atoms with Crippen LogP contribution in [0.2, 0.25) is 0 Å². The summed E-state index contributed by atoms with van der Waals surface area (Å²) < 4.78 is 0. The number of H-pyrrole nitrogens is 2. The van der Waals surface area contributed by atoms with E-state index in [0.29, 0.717) is 6.54 Å². The normalized spacial score (nSPS) is 10.4. The zero-order valence-corrected chi connectivity index (χ0v) is 8.00. The first-order valence-corrected chi connectivity index (χ1v) is 4.33. The predicted octanol–water partition coefficient (Wildman–Crippen LogP) is -1.30. The van der Waals surface area contributed by atoms with E-state index in [9.17, 15) is 9.90 Å². The molecule has 0 aliphatic heterocycles. The maximum absolute atomic E-state index is 10.8. The fourth-order valence-electron chi connectivity index (χ4n) is 1.11. The monoisotopic (exact) mass is 201 g/mol. The number of nitrogens with two attached hydrogens (primary N) is 1. The molecule has 0 aliphatic carbocycles. The number of hydrogen-bond acceptors (Lipinski definition) is 5. The number of aromatic nitrogens is 2. The van der Waals surface area contributed by atoms with Crippen molar-refractivity contribution in [1.29, 1.82) is 0 Å². The van der Waals surface area contributed by atoms with Gasteiger partial charge in [0.1, 0.15) is 0 Å². The minimum absolute atomic E-state index is 0.214. The smallest absolute Gasteiger partial charge is 0.327 e. The van der Waals surface area contributed by atoms with Crippen molar-refractivity contribution in [3.63, 3.8) is 0 Å². The molecule has 1 rings (SSSR count). The van der Waals surface area contributed by atoms with Crippen LogP contribution >= 0.6 is 0 Å². The number of imidazole rings is 1. The fraction of sp³-hybridized carbons (Fsp3) is 0.571. The topological polar surface area (TPSA) is 110 Å². The zero-order chi connectivity index (χ0) is 10.6. The van der Waals surface area contributed by atoms with Crippen LogP contribution in [0.1, 0.15) is 6.42 Å². The molecule has 0 aliphatic rings. The number of anilines is 1. The Morgan fingerprint density at radius 3 is 2.79 bits per heavy atom. The Morgan fingerprint density at radius 2 is 2.29 bits per heavy atom.